The van der Waals surface area contributed by atoms with E-state index in [1.165, 1.54) is 30.2 Å². The summed E-state index contributed by atoms with van der Waals surface area (Å²) in [6.07, 6.45) is 5.08. The van der Waals surface area contributed by atoms with Gasteiger partial charge in [-0.15, -0.1) is 18.2 Å². The summed E-state index contributed by atoms with van der Waals surface area (Å²) >= 11 is -1.86. The Morgan fingerprint density at radius 1 is 0.792 bits per heavy atom. The zero-order valence-electron chi connectivity index (χ0n) is 31.9. The molecule has 53 heavy (non-hydrogen) atoms. The van der Waals surface area contributed by atoms with E-state index in [-0.39, 0.29) is 31.1 Å². The van der Waals surface area contributed by atoms with Crippen LogP contribution in [-0.4, -0.2) is 23.2 Å². The minimum Gasteiger partial charge on any atom is -0.501 e. The van der Waals surface area contributed by atoms with Crippen molar-refractivity contribution < 1.29 is 33.3 Å². The van der Waals surface area contributed by atoms with E-state index in [9.17, 15) is 8.78 Å². The average Bonchev–Trinajstić information content (AvgIpc) is 3.48. The first-order valence-corrected chi connectivity index (χ1v) is 25.2. The Hall–Kier alpha value is -3.97. The summed E-state index contributed by atoms with van der Waals surface area (Å²) < 4.78 is 36.0. The molecule has 7 aromatic rings. The van der Waals surface area contributed by atoms with Crippen LogP contribution in [0.2, 0.25) is 17.3 Å². The molecule has 7 rings (SSSR count). The van der Waals surface area contributed by atoms with Gasteiger partial charge >= 0.3 is 126 Å². The molecular weight excluding hydrogens is 899 g/mol. The van der Waals surface area contributed by atoms with Gasteiger partial charge < -0.3 is 9.40 Å². The Kier molecular flexibility index (Phi) is 12.3. The van der Waals surface area contributed by atoms with Crippen molar-refractivity contribution in [2.75, 3.05) is 0 Å². The number of rotatable bonds is 6. The van der Waals surface area contributed by atoms with Gasteiger partial charge in [-0.2, -0.15) is 0 Å². The maximum absolute atomic E-state index is 14.1. The number of benzene rings is 4. The zero-order valence-corrected chi connectivity index (χ0v) is 36.4. The Morgan fingerprint density at radius 2 is 1.53 bits per heavy atom. The summed E-state index contributed by atoms with van der Waals surface area (Å²) in [6, 6.07) is 33.2. The molecule has 0 fully saturated rings. The first-order valence-electron chi connectivity index (χ1n) is 17.9. The minimum atomic E-state index is -1.86. The zero-order chi connectivity index (χ0) is 37.4. The smallest absolute Gasteiger partial charge is 0.129 e. The monoisotopic (exact) mass is 947 g/mol. The second kappa shape index (κ2) is 16.2. The second-order valence-electron chi connectivity index (χ2n) is 16.0. The third-order valence-corrected chi connectivity index (χ3v) is 13.7. The molecule has 0 atom stereocenters. The quantitative estimate of drug-likeness (QED) is 0.123. The molecule has 275 valence electrons. The van der Waals surface area contributed by atoms with Gasteiger partial charge in [0.15, 0.2) is 0 Å². The van der Waals surface area contributed by atoms with E-state index in [1.807, 2.05) is 60.8 Å². The van der Waals surface area contributed by atoms with Crippen LogP contribution in [0.5, 0.6) is 0 Å². The van der Waals surface area contributed by atoms with Gasteiger partial charge in [0, 0.05) is 37.3 Å². The third-order valence-electron chi connectivity index (χ3n) is 9.34. The number of fused-ring (bicyclic) bond motifs is 3. The van der Waals surface area contributed by atoms with Crippen LogP contribution < -0.4 is 4.40 Å². The topological polar surface area (TPSA) is 38.9 Å². The van der Waals surface area contributed by atoms with Crippen molar-refractivity contribution in [2.24, 2.45) is 5.92 Å². The van der Waals surface area contributed by atoms with Crippen molar-refractivity contribution in [1.29, 1.82) is 0 Å². The molecule has 0 saturated heterocycles. The molecule has 0 unspecified atom stereocenters. The third kappa shape index (κ3) is 9.05. The summed E-state index contributed by atoms with van der Waals surface area (Å²) in [6.45, 7) is 12.5. The number of hydrogen-bond acceptors (Lipinski definition) is 3. The molecule has 0 aliphatic rings. The first kappa shape index (κ1) is 40.2. The Morgan fingerprint density at radius 3 is 2.17 bits per heavy atom. The van der Waals surface area contributed by atoms with Gasteiger partial charge in [0.05, 0.1) is 5.58 Å². The van der Waals surface area contributed by atoms with E-state index in [0.29, 0.717) is 28.2 Å². The number of nitrogens with zero attached hydrogens (tertiary/aromatic N) is 2. The van der Waals surface area contributed by atoms with Crippen molar-refractivity contribution in [3.63, 3.8) is 0 Å². The van der Waals surface area contributed by atoms with Gasteiger partial charge in [-0.1, -0.05) is 49.9 Å². The van der Waals surface area contributed by atoms with Gasteiger partial charge in [-0.3, -0.25) is 0 Å². The summed E-state index contributed by atoms with van der Waals surface area (Å²) in [5.74, 6) is 6.87. The van der Waals surface area contributed by atoms with Crippen LogP contribution in [-0.2, 0) is 31.9 Å². The normalized spacial score (nSPS) is 11.8. The largest absolute Gasteiger partial charge is 0.501 e. The molecule has 4 aromatic carbocycles. The fourth-order valence-corrected chi connectivity index (χ4v) is 9.77. The summed E-state index contributed by atoms with van der Waals surface area (Å²) in [5, 5.41) is 1.88. The maximum Gasteiger partial charge on any atom is 0.129 e. The molecular formula is C46H46F2GeIrN2O-2. The van der Waals surface area contributed by atoms with Crippen LogP contribution in [0.3, 0.4) is 0 Å². The fraction of sp³-hybridized carbons (Fsp3) is 0.261. The van der Waals surface area contributed by atoms with Crippen molar-refractivity contribution in [2.45, 2.75) is 70.6 Å². The van der Waals surface area contributed by atoms with E-state index in [2.05, 4.69) is 93.4 Å². The fourth-order valence-electron chi connectivity index (χ4n) is 6.44. The molecule has 0 spiro atoms. The summed E-state index contributed by atoms with van der Waals surface area (Å²) in [5.41, 5.74) is 8.91. The van der Waals surface area contributed by atoms with Crippen molar-refractivity contribution in [3.05, 3.63) is 138 Å². The van der Waals surface area contributed by atoms with Crippen molar-refractivity contribution in [3.8, 4) is 33.6 Å². The number of furan rings is 1. The van der Waals surface area contributed by atoms with E-state index in [1.54, 1.807) is 4.40 Å². The second-order valence-corrected chi connectivity index (χ2v) is 26.6. The van der Waals surface area contributed by atoms with Crippen LogP contribution in [0.15, 0.2) is 102 Å². The molecule has 1 radical (unpaired) electrons. The van der Waals surface area contributed by atoms with E-state index in [4.69, 9.17) is 9.40 Å². The molecule has 0 amide bonds. The molecule has 0 aliphatic heterocycles. The van der Waals surface area contributed by atoms with Crippen molar-refractivity contribution >= 4 is 39.6 Å². The molecule has 3 nitrogen and oxygen atoms in total. The molecule has 3 aromatic heterocycles. The number of pyridine rings is 2. The Labute approximate surface area is 329 Å². The summed E-state index contributed by atoms with van der Waals surface area (Å²) in [7, 11) is 0. The molecule has 3 heterocycles. The summed E-state index contributed by atoms with van der Waals surface area (Å²) in [4.78, 5) is 9.26. The Bertz CT molecular complexity index is 2350. The minimum absolute atomic E-state index is 0. The van der Waals surface area contributed by atoms with E-state index in [0.717, 1.165) is 39.7 Å². The standard InChI is InChI=1S/C28H22F2NO.C18H24GeN.Ir/c1-16-23(29)12-18(13-24(16)30)17-8-9-20-21-6-5-7-22(27(21)32-26(20)14-17)25-15-19(10-11-31-25)28(2,3)4;1-14(2)11-16-12-18(15-9-7-6-8-10-15)20-13-17(16)19(3,4)5;/h5-6,8-15H,1-4H3;6-9,12-14H,11H2,1-5H3;/q2*-1;. The average molecular weight is 946 g/mol. The van der Waals surface area contributed by atoms with Crippen molar-refractivity contribution in [1.82, 2.24) is 9.97 Å². The van der Waals surface area contributed by atoms with Crippen LogP contribution in [0.1, 0.15) is 51.3 Å². The van der Waals surface area contributed by atoms with Gasteiger partial charge in [-0.25, -0.2) is 8.78 Å². The molecule has 0 saturated carbocycles. The maximum atomic E-state index is 14.1. The van der Waals surface area contributed by atoms with Crippen LogP contribution >= 0.6 is 0 Å². The van der Waals surface area contributed by atoms with Crippen LogP contribution in [0, 0.1) is 36.6 Å². The van der Waals surface area contributed by atoms with Crippen LogP contribution in [0.25, 0.3) is 55.6 Å². The molecule has 7 heteroatoms. The van der Waals surface area contributed by atoms with Gasteiger partial charge in [0.25, 0.3) is 0 Å². The van der Waals surface area contributed by atoms with Crippen LogP contribution in [0.4, 0.5) is 8.78 Å². The van der Waals surface area contributed by atoms with Gasteiger partial charge in [0.1, 0.15) is 17.2 Å². The van der Waals surface area contributed by atoms with Gasteiger partial charge in [-0.05, 0) is 59.0 Å². The van der Waals surface area contributed by atoms with E-state index >= 15 is 0 Å². The predicted molar refractivity (Wildman–Crippen MR) is 215 cm³/mol. The number of halogens is 2. The predicted octanol–water partition coefficient (Wildman–Crippen LogP) is 12.3. The molecule has 0 bridgehead atoms. The molecule has 0 N–H and O–H groups in total. The molecule has 0 aliphatic carbocycles. The number of hydrogen-bond donors (Lipinski definition) is 0. The van der Waals surface area contributed by atoms with Gasteiger partial charge in [0.2, 0.25) is 0 Å². The SMILES string of the molecule is CC(C)Cc1cc(-c2[c-]cccc2)nc[c]1[Ge]([CH3])([CH3])[CH3].Cc1c(F)cc(-c2ccc3c(c2)oc2c(-c4cc(C(C)(C)C)ccn4)[c-]ccc23)cc1F.[Ir]. The number of aromatic nitrogens is 2. The van der Waals surface area contributed by atoms with E-state index < -0.39 is 24.9 Å². The first-order chi connectivity index (χ1) is 24.6. The Balaban J connectivity index is 0.000000223.